The highest BCUT2D eigenvalue weighted by Gasteiger charge is 2.31. The van der Waals surface area contributed by atoms with Crippen LogP contribution in [0.3, 0.4) is 0 Å². The number of benzene rings is 2. The standard InChI is InChI=1S/C22H20N4O4/c27-19(25-21-23-15-5-1-3-7-17(15)29-21)13-9-11-14(12-10-13)20(28)26-22-24-16-6-2-4-8-18(16)30-22/h1-8,13-14H,9-12H2,(H,23,25,27)(H,24,26,28). The number of carbonyl (C=O) groups excluding carboxylic acids is 2. The highest BCUT2D eigenvalue weighted by atomic mass is 16.4. The lowest BCUT2D eigenvalue weighted by Gasteiger charge is -2.26. The van der Waals surface area contributed by atoms with Crippen LogP contribution in [0.2, 0.25) is 0 Å². The zero-order chi connectivity index (χ0) is 20.5. The molecule has 1 aliphatic rings. The third-order valence-electron chi connectivity index (χ3n) is 5.52. The summed E-state index contributed by atoms with van der Waals surface area (Å²) in [6, 6.07) is 15.1. The normalized spacial score (nSPS) is 19.1. The van der Waals surface area contributed by atoms with E-state index in [1.807, 2.05) is 36.4 Å². The molecule has 4 aromatic rings. The maximum Gasteiger partial charge on any atom is 0.302 e. The molecule has 5 rings (SSSR count). The Morgan fingerprint density at radius 1 is 0.700 bits per heavy atom. The first-order valence-corrected chi connectivity index (χ1v) is 9.98. The summed E-state index contributed by atoms with van der Waals surface area (Å²) < 4.78 is 11.1. The van der Waals surface area contributed by atoms with Crippen LogP contribution in [0.4, 0.5) is 12.0 Å². The van der Waals surface area contributed by atoms with Crippen LogP contribution < -0.4 is 10.6 Å². The van der Waals surface area contributed by atoms with Gasteiger partial charge in [0.05, 0.1) is 0 Å². The summed E-state index contributed by atoms with van der Waals surface area (Å²) in [5, 5.41) is 5.52. The molecule has 0 radical (unpaired) electrons. The predicted octanol–water partition coefficient (Wildman–Crippen LogP) is 4.35. The average Bonchev–Trinajstić information content (AvgIpc) is 3.36. The van der Waals surface area contributed by atoms with Gasteiger partial charge >= 0.3 is 12.0 Å². The maximum absolute atomic E-state index is 12.6. The fourth-order valence-electron chi connectivity index (χ4n) is 3.88. The van der Waals surface area contributed by atoms with Crippen molar-refractivity contribution in [3.63, 3.8) is 0 Å². The topological polar surface area (TPSA) is 110 Å². The molecule has 1 saturated carbocycles. The minimum Gasteiger partial charge on any atom is -0.423 e. The van der Waals surface area contributed by atoms with E-state index in [-0.39, 0.29) is 35.7 Å². The number of oxazole rings is 2. The molecule has 0 spiro atoms. The molecule has 0 atom stereocenters. The molecule has 2 amide bonds. The molecule has 0 saturated heterocycles. The van der Waals surface area contributed by atoms with Gasteiger partial charge in [0, 0.05) is 11.8 Å². The molecule has 0 bridgehead atoms. The first-order chi connectivity index (χ1) is 14.7. The van der Waals surface area contributed by atoms with Crippen LogP contribution in [-0.2, 0) is 9.59 Å². The lowest BCUT2D eigenvalue weighted by Crippen LogP contribution is -2.32. The molecular formula is C22H20N4O4. The van der Waals surface area contributed by atoms with Gasteiger partial charge in [-0.3, -0.25) is 20.2 Å². The van der Waals surface area contributed by atoms with Crippen LogP contribution in [0, 0.1) is 11.8 Å². The number of para-hydroxylation sites is 4. The smallest absolute Gasteiger partial charge is 0.302 e. The van der Waals surface area contributed by atoms with Gasteiger partial charge < -0.3 is 8.83 Å². The second-order valence-corrected chi connectivity index (χ2v) is 7.50. The van der Waals surface area contributed by atoms with Gasteiger partial charge in [-0.05, 0) is 49.9 Å². The Morgan fingerprint density at radius 2 is 1.10 bits per heavy atom. The molecule has 0 aliphatic heterocycles. The number of amides is 2. The highest BCUT2D eigenvalue weighted by Crippen LogP contribution is 2.31. The van der Waals surface area contributed by atoms with E-state index in [9.17, 15) is 9.59 Å². The molecule has 2 aromatic carbocycles. The third-order valence-corrected chi connectivity index (χ3v) is 5.52. The summed E-state index contributed by atoms with van der Waals surface area (Å²) in [4.78, 5) is 33.7. The number of aromatic nitrogens is 2. The van der Waals surface area contributed by atoms with Crippen LogP contribution in [0.15, 0.2) is 57.4 Å². The minimum atomic E-state index is -0.173. The van der Waals surface area contributed by atoms with Gasteiger partial charge in [0.25, 0.3) is 0 Å². The number of anilines is 2. The quantitative estimate of drug-likeness (QED) is 0.523. The van der Waals surface area contributed by atoms with Crippen LogP contribution in [0.25, 0.3) is 22.2 Å². The molecular weight excluding hydrogens is 384 g/mol. The summed E-state index contributed by atoms with van der Waals surface area (Å²) in [5.41, 5.74) is 2.67. The number of hydrogen-bond donors (Lipinski definition) is 2. The zero-order valence-corrected chi connectivity index (χ0v) is 16.1. The van der Waals surface area contributed by atoms with Gasteiger partial charge in [-0.25, -0.2) is 0 Å². The van der Waals surface area contributed by atoms with Crippen LogP contribution in [-0.4, -0.2) is 21.8 Å². The van der Waals surface area contributed by atoms with Crippen molar-refractivity contribution in [2.24, 2.45) is 11.8 Å². The fourth-order valence-corrected chi connectivity index (χ4v) is 3.88. The molecule has 2 heterocycles. The summed E-state index contributed by atoms with van der Waals surface area (Å²) in [5.74, 6) is -0.597. The molecule has 1 fully saturated rings. The van der Waals surface area contributed by atoms with E-state index >= 15 is 0 Å². The van der Waals surface area contributed by atoms with E-state index in [4.69, 9.17) is 8.83 Å². The van der Waals surface area contributed by atoms with Crippen LogP contribution in [0.5, 0.6) is 0 Å². The lowest BCUT2D eigenvalue weighted by atomic mass is 9.81. The van der Waals surface area contributed by atoms with Crippen molar-refractivity contribution in [3.05, 3.63) is 48.5 Å². The molecule has 8 nitrogen and oxygen atoms in total. The average molecular weight is 404 g/mol. The Balaban J connectivity index is 1.16. The Bertz CT molecular complexity index is 1060. The lowest BCUT2D eigenvalue weighted by molar-refractivity contribution is -0.125. The van der Waals surface area contributed by atoms with Crippen molar-refractivity contribution < 1.29 is 18.4 Å². The molecule has 2 N–H and O–H groups in total. The van der Waals surface area contributed by atoms with Crippen molar-refractivity contribution >= 4 is 46.0 Å². The molecule has 8 heteroatoms. The van der Waals surface area contributed by atoms with Gasteiger partial charge in [-0.1, -0.05) is 24.3 Å². The number of nitrogens with one attached hydrogen (secondary N) is 2. The summed E-state index contributed by atoms with van der Waals surface area (Å²) in [6.07, 6.45) is 2.49. The molecule has 1 aliphatic carbocycles. The summed E-state index contributed by atoms with van der Waals surface area (Å²) in [7, 11) is 0. The second kappa shape index (κ2) is 7.62. The molecule has 152 valence electrons. The van der Waals surface area contributed by atoms with Gasteiger partial charge in [0.1, 0.15) is 11.0 Å². The van der Waals surface area contributed by atoms with Gasteiger partial charge in [0.15, 0.2) is 11.2 Å². The Morgan fingerprint density at radius 3 is 1.50 bits per heavy atom. The SMILES string of the molecule is O=C(Nc1nc2ccccc2o1)C1CCC(C(=O)Nc2nc3ccccc3o2)CC1. The van der Waals surface area contributed by atoms with E-state index in [0.717, 1.165) is 0 Å². The number of carbonyl (C=O) groups is 2. The Labute approximate surface area is 171 Å². The Hall–Kier alpha value is -3.68. The van der Waals surface area contributed by atoms with Crippen LogP contribution in [0.1, 0.15) is 25.7 Å². The zero-order valence-electron chi connectivity index (χ0n) is 16.1. The number of fused-ring (bicyclic) bond motifs is 2. The maximum atomic E-state index is 12.6. The van der Waals surface area contributed by atoms with Crippen molar-refractivity contribution in [2.45, 2.75) is 25.7 Å². The van der Waals surface area contributed by atoms with E-state index in [1.165, 1.54) is 0 Å². The fraction of sp³-hybridized carbons (Fsp3) is 0.273. The largest absolute Gasteiger partial charge is 0.423 e. The van der Waals surface area contributed by atoms with E-state index in [2.05, 4.69) is 20.6 Å². The summed E-state index contributed by atoms with van der Waals surface area (Å²) in [6.45, 7) is 0. The van der Waals surface area contributed by atoms with Crippen molar-refractivity contribution in [3.8, 4) is 0 Å². The van der Waals surface area contributed by atoms with E-state index in [0.29, 0.717) is 47.9 Å². The van der Waals surface area contributed by atoms with Gasteiger partial charge in [-0.15, -0.1) is 0 Å². The van der Waals surface area contributed by atoms with Crippen LogP contribution >= 0.6 is 0 Å². The first kappa shape index (κ1) is 18.4. The molecule has 30 heavy (non-hydrogen) atoms. The van der Waals surface area contributed by atoms with E-state index < -0.39 is 0 Å². The number of rotatable bonds is 4. The first-order valence-electron chi connectivity index (χ1n) is 9.98. The van der Waals surface area contributed by atoms with Gasteiger partial charge in [-0.2, -0.15) is 9.97 Å². The summed E-state index contributed by atoms with van der Waals surface area (Å²) >= 11 is 0. The van der Waals surface area contributed by atoms with Crippen molar-refractivity contribution in [2.75, 3.05) is 10.6 Å². The Kier molecular flexibility index (Phi) is 4.66. The number of nitrogens with zero attached hydrogens (tertiary/aromatic N) is 2. The third kappa shape index (κ3) is 3.63. The monoisotopic (exact) mass is 404 g/mol. The second-order valence-electron chi connectivity index (χ2n) is 7.50. The van der Waals surface area contributed by atoms with Crippen molar-refractivity contribution in [1.82, 2.24) is 9.97 Å². The van der Waals surface area contributed by atoms with Gasteiger partial charge in [0.2, 0.25) is 11.8 Å². The van der Waals surface area contributed by atoms with Crippen molar-refractivity contribution in [1.29, 1.82) is 0 Å². The predicted molar refractivity (Wildman–Crippen MR) is 111 cm³/mol. The number of hydrogen-bond acceptors (Lipinski definition) is 6. The molecule has 2 aromatic heterocycles. The minimum absolute atomic E-state index is 0.126. The van der Waals surface area contributed by atoms with E-state index in [1.54, 1.807) is 12.1 Å². The molecule has 0 unspecified atom stereocenters. The highest BCUT2D eigenvalue weighted by molar-refractivity contribution is 5.93.